The number of nitrogens with one attached hydrogen (secondary N) is 1. The number of amides is 1. The van der Waals surface area contributed by atoms with Crippen molar-refractivity contribution >= 4 is 23.2 Å². The lowest BCUT2D eigenvalue weighted by atomic mass is 9.96. The van der Waals surface area contributed by atoms with Gasteiger partial charge >= 0.3 is 0 Å². The molecule has 1 fully saturated rings. The molecule has 28 heavy (non-hydrogen) atoms. The highest BCUT2D eigenvalue weighted by atomic mass is 35.5. The Kier molecular flexibility index (Phi) is 7.06. The predicted molar refractivity (Wildman–Crippen MR) is 113 cm³/mol. The second kappa shape index (κ2) is 9.71. The molecule has 0 aliphatic carbocycles. The molecule has 1 amide bonds. The summed E-state index contributed by atoms with van der Waals surface area (Å²) in [5, 5.41) is 5.02. The Bertz CT molecular complexity index is 811. The molecule has 0 atom stereocenters. The van der Waals surface area contributed by atoms with Gasteiger partial charge in [0.05, 0.1) is 12.8 Å². The van der Waals surface area contributed by atoms with Crippen LogP contribution in [0.5, 0.6) is 5.75 Å². The SMILES string of the molecule is COc1ccc(/C(C)=N\NC(=O)C2CCN(Cc3ccc(Cl)cc3)CC2)cc1. The average molecular weight is 400 g/mol. The number of benzene rings is 2. The number of ether oxygens (including phenoxy) is 1. The summed E-state index contributed by atoms with van der Waals surface area (Å²) in [6, 6.07) is 15.6. The first kappa shape index (κ1) is 20.4. The van der Waals surface area contributed by atoms with Crippen LogP contribution in [-0.2, 0) is 11.3 Å². The van der Waals surface area contributed by atoms with Crippen molar-refractivity contribution in [2.24, 2.45) is 11.0 Å². The van der Waals surface area contributed by atoms with Gasteiger partial charge in [-0.3, -0.25) is 9.69 Å². The molecule has 3 rings (SSSR count). The van der Waals surface area contributed by atoms with Gasteiger partial charge in [-0.1, -0.05) is 23.7 Å². The summed E-state index contributed by atoms with van der Waals surface area (Å²) in [6.07, 6.45) is 1.69. The van der Waals surface area contributed by atoms with Gasteiger partial charge in [0.2, 0.25) is 5.91 Å². The van der Waals surface area contributed by atoms with Gasteiger partial charge < -0.3 is 4.74 Å². The third-order valence-corrected chi connectivity index (χ3v) is 5.37. The van der Waals surface area contributed by atoms with Gasteiger partial charge in [-0.05, 0) is 80.4 Å². The van der Waals surface area contributed by atoms with Gasteiger partial charge in [0, 0.05) is 17.5 Å². The Hall–Kier alpha value is -2.37. The van der Waals surface area contributed by atoms with Crippen molar-refractivity contribution in [3.63, 3.8) is 0 Å². The number of carbonyl (C=O) groups excluding carboxylic acids is 1. The second-order valence-corrected chi connectivity index (χ2v) is 7.52. The van der Waals surface area contributed by atoms with Crippen LogP contribution >= 0.6 is 11.6 Å². The number of hydrogen-bond donors (Lipinski definition) is 1. The second-order valence-electron chi connectivity index (χ2n) is 7.08. The Labute approximate surface area is 171 Å². The van der Waals surface area contributed by atoms with Crippen molar-refractivity contribution < 1.29 is 9.53 Å². The number of likely N-dealkylation sites (tertiary alicyclic amines) is 1. The van der Waals surface area contributed by atoms with E-state index in [4.69, 9.17) is 16.3 Å². The van der Waals surface area contributed by atoms with Gasteiger partial charge in [-0.25, -0.2) is 5.43 Å². The molecule has 0 spiro atoms. The number of hydrazone groups is 1. The number of rotatable bonds is 6. The zero-order chi connectivity index (χ0) is 19.9. The molecular formula is C22H26ClN3O2. The Balaban J connectivity index is 1.47. The molecule has 5 nitrogen and oxygen atoms in total. The fourth-order valence-corrected chi connectivity index (χ4v) is 3.45. The first-order valence-electron chi connectivity index (χ1n) is 9.50. The van der Waals surface area contributed by atoms with Crippen LogP contribution in [0, 0.1) is 5.92 Å². The topological polar surface area (TPSA) is 53.9 Å². The van der Waals surface area contributed by atoms with Gasteiger partial charge in [0.25, 0.3) is 0 Å². The molecule has 1 heterocycles. The number of methoxy groups -OCH3 is 1. The minimum atomic E-state index is -0.000922. The third kappa shape index (κ3) is 5.57. The van der Waals surface area contributed by atoms with E-state index in [0.717, 1.165) is 54.5 Å². The van der Waals surface area contributed by atoms with Crippen molar-refractivity contribution in [2.45, 2.75) is 26.3 Å². The summed E-state index contributed by atoms with van der Waals surface area (Å²) >= 11 is 5.94. The summed E-state index contributed by atoms with van der Waals surface area (Å²) in [7, 11) is 1.64. The fraction of sp³-hybridized carbons (Fsp3) is 0.364. The van der Waals surface area contributed by atoms with Crippen molar-refractivity contribution in [1.82, 2.24) is 10.3 Å². The lowest BCUT2D eigenvalue weighted by Crippen LogP contribution is -2.39. The molecule has 2 aromatic rings. The van der Waals surface area contributed by atoms with E-state index >= 15 is 0 Å². The van der Waals surface area contributed by atoms with Crippen LogP contribution < -0.4 is 10.2 Å². The molecule has 0 radical (unpaired) electrons. The van der Waals surface area contributed by atoms with E-state index in [1.54, 1.807) is 7.11 Å². The maximum atomic E-state index is 12.5. The highest BCUT2D eigenvalue weighted by molar-refractivity contribution is 6.30. The van der Waals surface area contributed by atoms with Gasteiger partial charge in [0.15, 0.2) is 0 Å². The zero-order valence-electron chi connectivity index (χ0n) is 16.3. The van der Waals surface area contributed by atoms with Crippen LogP contribution in [0.4, 0.5) is 0 Å². The molecule has 148 valence electrons. The van der Waals surface area contributed by atoms with E-state index in [1.165, 1.54) is 5.56 Å². The average Bonchev–Trinajstić information content (AvgIpc) is 2.74. The monoisotopic (exact) mass is 399 g/mol. The minimum absolute atomic E-state index is 0.000922. The van der Waals surface area contributed by atoms with Crippen LogP contribution in [0.1, 0.15) is 30.9 Å². The number of halogens is 1. The molecular weight excluding hydrogens is 374 g/mol. The van der Waals surface area contributed by atoms with E-state index in [9.17, 15) is 4.79 Å². The number of carbonyl (C=O) groups is 1. The van der Waals surface area contributed by atoms with Crippen LogP contribution in [0.25, 0.3) is 0 Å². The third-order valence-electron chi connectivity index (χ3n) is 5.12. The minimum Gasteiger partial charge on any atom is -0.497 e. The first-order valence-corrected chi connectivity index (χ1v) is 9.88. The summed E-state index contributed by atoms with van der Waals surface area (Å²) in [6.45, 7) is 4.58. The highest BCUT2D eigenvalue weighted by Crippen LogP contribution is 2.20. The van der Waals surface area contributed by atoms with Crippen LogP contribution in [-0.4, -0.2) is 36.7 Å². The van der Waals surface area contributed by atoms with E-state index in [1.807, 2.05) is 43.3 Å². The molecule has 0 unspecified atom stereocenters. The van der Waals surface area contributed by atoms with Crippen molar-refractivity contribution in [1.29, 1.82) is 0 Å². The molecule has 6 heteroatoms. The molecule has 1 aliphatic rings. The molecule has 0 bridgehead atoms. The number of piperidine rings is 1. The van der Waals surface area contributed by atoms with Gasteiger partial charge in [-0.15, -0.1) is 0 Å². The van der Waals surface area contributed by atoms with E-state index in [2.05, 4.69) is 27.6 Å². The summed E-state index contributed by atoms with van der Waals surface area (Å²) in [5.74, 6) is 0.804. The van der Waals surface area contributed by atoms with Crippen molar-refractivity contribution in [3.8, 4) is 5.75 Å². The zero-order valence-corrected chi connectivity index (χ0v) is 17.1. The first-order chi connectivity index (χ1) is 13.5. The quantitative estimate of drug-likeness (QED) is 0.587. The summed E-state index contributed by atoms with van der Waals surface area (Å²) < 4.78 is 5.16. The largest absolute Gasteiger partial charge is 0.497 e. The maximum absolute atomic E-state index is 12.5. The smallest absolute Gasteiger partial charge is 0.243 e. The standard InChI is InChI=1S/C22H26ClN3O2/c1-16(18-5-9-21(28-2)10-6-18)24-25-22(27)19-11-13-26(14-12-19)15-17-3-7-20(23)8-4-17/h3-10,19H,11-15H2,1-2H3,(H,25,27)/b24-16-. The van der Waals surface area contributed by atoms with E-state index in [0.29, 0.717) is 0 Å². The molecule has 0 saturated carbocycles. The molecule has 1 saturated heterocycles. The Morgan fingerprint density at radius 2 is 1.79 bits per heavy atom. The van der Waals surface area contributed by atoms with Gasteiger partial charge in [-0.2, -0.15) is 5.10 Å². The van der Waals surface area contributed by atoms with Crippen LogP contribution in [0.3, 0.4) is 0 Å². The fourth-order valence-electron chi connectivity index (χ4n) is 3.33. The van der Waals surface area contributed by atoms with Gasteiger partial charge in [0.1, 0.15) is 5.75 Å². The maximum Gasteiger partial charge on any atom is 0.243 e. The summed E-state index contributed by atoms with van der Waals surface area (Å²) in [5.41, 5.74) is 5.71. The van der Waals surface area contributed by atoms with E-state index in [-0.39, 0.29) is 11.8 Å². The van der Waals surface area contributed by atoms with Crippen LogP contribution in [0.2, 0.25) is 5.02 Å². The van der Waals surface area contributed by atoms with Crippen molar-refractivity contribution in [3.05, 3.63) is 64.7 Å². The van der Waals surface area contributed by atoms with E-state index < -0.39 is 0 Å². The molecule has 1 aliphatic heterocycles. The number of nitrogens with zero attached hydrogens (tertiary/aromatic N) is 2. The summed E-state index contributed by atoms with van der Waals surface area (Å²) in [4.78, 5) is 14.8. The number of hydrogen-bond acceptors (Lipinski definition) is 4. The highest BCUT2D eigenvalue weighted by Gasteiger charge is 2.24. The van der Waals surface area contributed by atoms with Crippen LogP contribution in [0.15, 0.2) is 53.6 Å². The predicted octanol–water partition coefficient (Wildman–Crippen LogP) is 4.10. The lowest BCUT2D eigenvalue weighted by Gasteiger charge is -2.30. The van der Waals surface area contributed by atoms with Crippen molar-refractivity contribution in [2.75, 3.05) is 20.2 Å². The Morgan fingerprint density at radius 1 is 1.14 bits per heavy atom. The lowest BCUT2D eigenvalue weighted by molar-refractivity contribution is -0.126. The normalized spacial score (nSPS) is 16.0. The molecule has 2 aromatic carbocycles. The molecule has 0 aromatic heterocycles. The Morgan fingerprint density at radius 3 is 2.39 bits per heavy atom. The molecule has 1 N–H and O–H groups in total.